The van der Waals surface area contributed by atoms with Gasteiger partial charge in [0.1, 0.15) is 0 Å². The van der Waals surface area contributed by atoms with Crippen LogP contribution in [0.1, 0.15) is 38.5 Å². The number of benzene rings is 2. The number of nitrogens with zero attached hydrogens (tertiary/aromatic N) is 1. The second kappa shape index (κ2) is 8.54. The highest BCUT2D eigenvalue weighted by molar-refractivity contribution is 7.13. The molecule has 0 saturated carbocycles. The minimum atomic E-state index is 0.158. The van der Waals surface area contributed by atoms with E-state index in [4.69, 9.17) is 0 Å². The number of para-hydroxylation sites is 1. The first-order valence-corrected chi connectivity index (χ1v) is 9.31. The number of aliphatic imine (C=N–C) groups is 1. The van der Waals surface area contributed by atoms with Gasteiger partial charge in [0, 0.05) is 28.0 Å². The second-order valence-electron chi connectivity index (χ2n) is 5.99. The molecule has 0 fully saturated rings. The lowest BCUT2D eigenvalue weighted by molar-refractivity contribution is 0.0981. The van der Waals surface area contributed by atoms with Gasteiger partial charge in [0.05, 0.1) is 5.69 Å². The summed E-state index contributed by atoms with van der Waals surface area (Å²) < 4.78 is 0. The molecular weight excluding hydrogens is 326 g/mol. The van der Waals surface area contributed by atoms with Crippen LogP contribution in [0.25, 0.3) is 0 Å². The highest BCUT2D eigenvalue weighted by atomic mass is 32.1. The lowest BCUT2D eigenvalue weighted by Gasteiger charge is -2.05. The number of rotatable bonds is 7. The summed E-state index contributed by atoms with van der Waals surface area (Å²) in [6.45, 7) is 2.08. The van der Waals surface area contributed by atoms with E-state index in [1.807, 2.05) is 54.7 Å². The molecule has 126 valence electrons. The molecule has 0 amide bonds. The first kappa shape index (κ1) is 17.3. The normalized spacial score (nSPS) is 11.1. The molecule has 3 rings (SSSR count). The summed E-state index contributed by atoms with van der Waals surface area (Å²) in [5.74, 6) is 0.158. The zero-order chi connectivity index (χ0) is 17.5. The van der Waals surface area contributed by atoms with E-state index in [0.29, 0.717) is 12.0 Å². The summed E-state index contributed by atoms with van der Waals surface area (Å²) in [6.07, 6.45) is 4.16. The molecular formula is C22H21NOS. The molecule has 2 aromatic carbocycles. The van der Waals surface area contributed by atoms with E-state index in [2.05, 4.69) is 30.1 Å². The fourth-order valence-electron chi connectivity index (χ4n) is 2.71. The summed E-state index contributed by atoms with van der Waals surface area (Å²) in [4.78, 5) is 19.5. The summed E-state index contributed by atoms with van der Waals surface area (Å²) >= 11 is 1.70. The topological polar surface area (TPSA) is 29.4 Å². The van der Waals surface area contributed by atoms with Gasteiger partial charge in [-0.2, -0.15) is 0 Å². The summed E-state index contributed by atoms with van der Waals surface area (Å²) in [5.41, 5.74) is 2.73. The third-order valence-electron chi connectivity index (χ3n) is 4.01. The minimum Gasteiger partial charge on any atom is -0.294 e. The van der Waals surface area contributed by atoms with Crippen LogP contribution in [0.15, 0.2) is 71.7 Å². The van der Waals surface area contributed by atoms with Crippen molar-refractivity contribution in [3.8, 4) is 0 Å². The van der Waals surface area contributed by atoms with Crippen LogP contribution in [-0.4, -0.2) is 12.0 Å². The highest BCUT2D eigenvalue weighted by Gasteiger charge is 2.10. The van der Waals surface area contributed by atoms with Crippen LogP contribution in [0.3, 0.4) is 0 Å². The van der Waals surface area contributed by atoms with Gasteiger partial charge in [0.2, 0.25) is 0 Å². The van der Waals surface area contributed by atoms with Crippen LogP contribution in [0, 0.1) is 6.92 Å². The van der Waals surface area contributed by atoms with Crippen molar-refractivity contribution < 1.29 is 4.79 Å². The van der Waals surface area contributed by atoms with Crippen LogP contribution >= 0.6 is 11.3 Å². The molecule has 1 heterocycles. The van der Waals surface area contributed by atoms with Crippen LogP contribution in [-0.2, 0) is 6.42 Å². The van der Waals surface area contributed by atoms with Gasteiger partial charge in [0.25, 0.3) is 0 Å². The Hall–Kier alpha value is -2.52. The molecule has 1 aromatic heterocycles. The Balaban J connectivity index is 1.65. The first-order valence-electron chi connectivity index (χ1n) is 8.49. The van der Waals surface area contributed by atoms with Crippen molar-refractivity contribution in [1.29, 1.82) is 0 Å². The number of thiophene rings is 1. The van der Waals surface area contributed by atoms with Crippen molar-refractivity contribution in [2.45, 2.75) is 26.2 Å². The van der Waals surface area contributed by atoms with Crippen LogP contribution in [0.5, 0.6) is 0 Å². The van der Waals surface area contributed by atoms with E-state index in [0.717, 1.165) is 23.4 Å². The van der Waals surface area contributed by atoms with Crippen molar-refractivity contribution in [2.24, 2.45) is 4.99 Å². The van der Waals surface area contributed by atoms with Gasteiger partial charge < -0.3 is 0 Å². The van der Waals surface area contributed by atoms with Crippen molar-refractivity contribution in [1.82, 2.24) is 0 Å². The minimum absolute atomic E-state index is 0.158. The van der Waals surface area contributed by atoms with Gasteiger partial charge in [-0.25, -0.2) is 0 Å². The lowest BCUT2D eigenvalue weighted by atomic mass is 10.0. The van der Waals surface area contributed by atoms with Crippen molar-refractivity contribution in [3.05, 3.63) is 87.6 Å². The number of carbonyl (C=O) groups excluding carboxylic acids is 1. The van der Waals surface area contributed by atoms with Crippen molar-refractivity contribution in [2.75, 3.05) is 0 Å². The second-order valence-corrected chi connectivity index (χ2v) is 7.31. The molecule has 0 aliphatic carbocycles. The van der Waals surface area contributed by atoms with Crippen LogP contribution < -0.4 is 0 Å². The average molecular weight is 347 g/mol. The van der Waals surface area contributed by atoms with E-state index in [1.165, 1.54) is 10.4 Å². The molecule has 0 N–H and O–H groups in total. The maximum absolute atomic E-state index is 12.6. The van der Waals surface area contributed by atoms with E-state index in [9.17, 15) is 4.79 Å². The Morgan fingerprint density at radius 2 is 1.76 bits per heavy atom. The first-order chi connectivity index (χ1) is 12.2. The lowest BCUT2D eigenvalue weighted by Crippen LogP contribution is -2.00. The number of Topliss-reactive ketones (excluding diaryl/α,β-unsaturated/α-hetero) is 1. The van der Waals surface area contributed by atoms with Gasteiger partial charge in [-0.3, -0.25) is 9.79 Å². The summed E-state index contributed by atoms with van der Waals surface area (Å²) in [7, 11) is 0. The SMILES string of the molecule is Cc1ccc(C=Nc2ccccc2C(=O)CCCc2ccccc2)s1. The van der Waals surface area contributed by atoms with E-state index in [1.54, 1.807) is 11.3 Å². The molecule has 3 heteroatoms. The number of ketones is 1. The predicted octanol–water partition coefficient (Wildman–Crippen LogP) is 6.01. The highest BCUT2D eigenvalue weighted by Crippen LogP contribution is 2.22. The molecule has 0 bridgehead atoms. The Labute approximate surface area is 152 Å². The Bertz CT molecular complexity index is 864. The molecule has 0 unspecified atom stereocenters. The standard InChI is InChI=1S/C22H21NOS/c1-17-14-15-19(25-17)16-23-21-12-6-5-11-20(21)22(24)13-7-10-18-8-3-2-4-9-18/h2-6,8-9,11-12,14-16H,7,10,13H2,1H3. The number of hydrogen-bond acceptors (Lipinski definition) is 3. The van der Waals surface area contributed by atoms with Gasteiger partial charge in [0.15, 0.2) is 5.78 Å². The molecule has 0 aliphatic heterocycles. The summed E-state index contributed by atoms with van der Waals surface area (Å²) in [6, 6.07) is 22.0. The van der Waals surface area contributed by atoms with Gasteiger partial charge in [-0.1, -0.05) is 42.5 Å². The molecule has 0 atom stereocenters. The third kappa shape index (κ3) is 4.97. The molecule has 25 heavy (non-hydrogen) atoms. The fourth-order valence-corrected chi connectivity index (χ4v) is 3.46. The van der Waals surface area contributed by atoms with E-state index < -0.39 is 0 Å². The van der Waals surface area contributed by atoms with Gasteiger partial charge in [-0.15, -0.1) is 11.3 Å². The van der Waals surface area contributed by atoms with Crippen LogP contribution in [0.2, 0.25) is 0 Å². The van der Waals surface area contributed by atoms with Crippen molar-refractivity contribution in [3.63, 3.8) is 0 Å². The zero-order valence-corrected chi connectivity index (χ0v) is 15.1. The van der Waals surface area contributed by atoms with E-state index >= 15 is 0 Å². The molecule has 0 saturated heterocycles. The smallest absolute Gasteiger partial charge is 0.165 e. The average Bonchev–Trinajstić information content (AvgIpc) is 3.06. The van der Waals surface area contributed by atoms with Gasteiger partial charge >= 0.3 is 0 Å². The number of aryl methyl sites for hydroxylation is 2. The molecule has 0 spiro atoms. The third-order valence-corrected chi connectivity index (χ3v) is 4.94. The fraction of sp³-hybridized carbons (Fsp3) is 0.182. The zero-order valence-electron chi connectivity index (χ0n) is 14.3. The Morgan fingerprint density at radius 1 is 1.00 bits per heavy atom. The predicted molar refractivity (Wildman–Crippen MR) is 106 cm³/mol. The Morgan fingerprint density at radius 3 is 2.52 bits per heavy atom. The maximum Gasteiger partial charge on any atom is 0.165 e. The van der Waals surface area contributed by atoms with Gasteiger partial charge in [-0.05, 0) is 49.6 Å². The summed E-state index contributed by atoms with van der Waals surface area (Å²) in [5, 5.41) is 0. The maximum atomic E-state index is 12.6. The number of hydrogen-bond donors (Lipinski definition) is 0. The van der Waals surface area contributed by atoms with Crippen LogP contribution in [0.4, 0.5) is 5.69 Å². The monoisotopic (exact) mass is 347 g/mol. The molecule has 0 aliphatic rings. The van der Waals surface area contributed by atoms with Crippen molar-refractivity contribution >= 4 is 29.0 Å². The number of carbonyl (C=O) groups is 1. The quantitative estimate of drug-likeness (QED) is 0.380. The largest absolute Gasteiger partial charge is 0.294 e. The Kier molecular flexibility index (Phi) is 5.91. The van der Waals surface area contributed by atoms with E-state index in [-0.39, 0.29) is 5.78 Å². The molecule has 0 radical (unpaired) electrons. The molecule has 2 nitrogen and oxygen atoms in total. The molecule has 3 aromatic rings.